The van der Waals surface area contributed by atoms with E-state index < -0.39 is 0 Å². The maximum atomic E-state index is 2.40. The number of rotatable bonds is 3. The minimum absolute atomic E-state index is 1.20. The second-order valence-corrected chi connectivity index (χ2v) is 3.89. The van der Waals surface area contributed by atoms with Crippen LogP contribution < -0.4 is 0 Å². The normalized spacial score (nSPS) is 14.4. The van der Waals surface area contributed by atoms with Gasteiger partial charge in [-0.05, 0) is 38.2 Å². The van der Waals surface area contributed by atoms with Crippen molar-refractivity contribution in [2.24, 2.45) is 0 Å². The van der Waals surface area contributed by atoms with Gasteiger partial charge in [0.05, 0.1) is 0 Å². The molecule has 1 fully saturated rings. The first kappa shape index (κ1) is 8.55. The molecule has 0 atom stereocenters. The number of hydrogen-bond donors (Lipinski definition) is 0. The second-order valence-electron chi connectivity index (χ2n) is 3.89. The molecule has 0 N–H and O–H groups in total. The molecule has 2 rings (SSSR count). The fraction of sp³-hybridized carbons (Fsp3) is 0.385. The summed E-state index contributed by atoms with van der Waals surface area (Å²) in [6.07, 6.45) is 7.53. The molecule has 0 bridgehead atoms. The largest absolute Gasteiger partial charge is 0.0850 e. The van der Waals surface area contributed by atoms with Crippen LogP contribution in [0.25, 0.3) is 0 Å². The summed E-state index contributed by atoms with van der Waals surface area (Å²) in [5.41, 5.74) is 4.47. The van der Waals surface area contributed by atoms with E-state index in [1.165, 1.54) is 36.8 Å². The third-order valence-corrected chi connectivity index (χ3v) is 2.53. The fourth-order valence-corrected chi connectivity index (χ4v) is 1.47. The van der Waals surface area contributed by atoms with Gasteiger partial charge in [-0.3, -0.25) is 0 Å². The summed E-state index contributed by atoms with van der Waals surface area (Å²) in [5.74, 6) is 0. The first-order chi connectivity index (χ1) is 6.34. The number of benzene rings is 1. The van der Waals surface area contributed by atoms with Crippen LogP contribution in [0.15, 0.2) is 35.9 Å². The molecule has 1 aliphatic rings. The van der Waals surface area contributed by atoms with Crippen LogP contribution in [-0.4, -0.2) is 0 Å². The summed E-state index contributed by atoms with van der Waals surface area (Å²) in [5, 5.41) is 0. The molecule has 0 heterocycles. The van der Waals surface area contributed by atoms with Crippen molar-refractivity contribution >= 4 is 0 Å². The van der Waals surface area contributed by atoms with Gasteiger partial charge < -0.3 is 0 Å². The third kappa shape index (κ3) is 2.73. The van der Waals surface area contributed by atoms with Gasteiger partial charge in [0.2, 0.25) is 0 Å². The van der Waals surface area contributed by atoms with Gasteiger partial charge in [-0.2, -0.15) is 0 Å². The highest BCUT2D eigenvalue weighted by Gasteiger charge is 2.08. The van der Waals surface area contributed by atoms with Crippen LogP contribution in [-0.2, 0) is 6.42 Å². The van der Waals surface area contributed by atoms with Gasteiger partial charge >= 0.3 is 0 Å². The van der Waals surface area contributed by atoms with Crippen LogP contribution in [0.4, 0.5) is 0 Å². The van der Waals surface area contributed by atoms with Crippen LogP contribution in [0.2, 0.25) is 0 Å². The number of hydrogen-bond acceptors (Lipinski definition) is 0. The molecule has 0 amide bonds. The molecule has 0 aliphatic heterocycles. The SMILES string of the molecule is Cc1ccc(CCC=C2CC2)cc1. The third-order valence-electron chi connectivity index (χ3n) is 2.53. The molecule has 0 saturated heterocycles. The Morgan fingerprint density at radius 3 is 2.46 bits per heavy atom. The molecular formula is C13H16. The average Bonchev–Trinajstić information content (AvgIpc) is 2.92. The summed E-state index contributed by atoms with van der Waals surface area (Å²) in [4.78, 5) is 0. The lowest BCUT2D eigenvalue weighted by atomic mass is 10.1. The molecule has 0 spiro atoms. The quantitative estimate of drug-likeness (QED) is 0.610. The van der Waals surface area contributed by atoms with E-state index >= 15 is 0 Å². The van der Waals surface area contributed by atoms with Crippen LogP contribution >= 0.6 is 0 Å². The van der Waals surface area contributed by atoms with Crippen molar-refractivity contribution in [3.63, 3.8) is 0 Å². The zero-order valence-electron chi connectivity index (χ0n) is 8.22. The van der Waals surface area contributed by atoms with Crippen LogP contribution in [0.5, 0.6) is 0 Å². The lowest BCUT2D eigenvalue weighted by molar-refractivity contribution is 0.997. The smallest absolute Gasteiger partial charge is 0.0244 e. The molecular weight excluding hydrogens is 156 g/mol. The predicted molar refractivity (Wildman–Crippen MR) is 56.8 cm³/mol. The second kappa shape index (κ2) is 3.78. The van der Waals surface area contributed by atoms with Gasteiger partial charge in [-0.1, -0.05) is 41.5 Å². The lowest BCUT2D eigenvalue weighted by Crippen LogP contribution is -1.82. The van der Waals surface area contributed by atoms with E-state index in [0.29, 0.717) is 0 Å². The van der Waals surface area contributed by atoms with Crippen molar-refractivity contribution < 1.29 is 0 Å². The first-order valence-corrected chi connectivity index (χ1v) is 5.08. The standard InChI is InChI=1S/C13H16/c1-11-5-7-12(8-6-11)3-2-4-13-9-10-13/h4-8H,2-3,9-10H2,1H3. The van der Waals surface area contributed by atoms with E-state index in [-0.39, 0.29) is 0 Å². The highest BCUT2D eigenvalue weighted by atomic mass is 14.1. The monoisotopic (exact) mass is 172 g/mol. The van der Waals surface area contributed by atoms with Gasteiger partial charge in [-0.15, -0.1) is 0 Å². The maximum Gasteiger partial charge on any atom is -0.0244 e. The van der Waals surface area contributed by atoms with Crippen molar-refractivity contribution in [3.8, 4) is 0 Å². The van der Waals surface area contributed by atoms with Gasteiger partial charge in [-0.25, -0.2) is 0 Å². The molecule has 0 radical (unpaired) electrons. The minimum atomic E-state index is 1.20. The molecule has 1 aromatic rings. The molecule has 0 unspecified atom stereocenters. The fourth-order valence-electron chi connectivity index (χ4n) is 1.47. The van der Waals surface area contributed by atoms with E-state index in [1.54, 1.807) is 5.57 Å². The molecule has 1 saturated carbocycles. The molecule has 0 heteroatoms. The maximum absolute atomic E-state index is 2.40. The highest BCUT2D eigenvalue weighted by molar-refractivity contribution is 5.22. The van der Waals surface area contributed by atoms with E-state index in [2.05, 4.69) is 37.3 Å². The molecule has 68 valence electrons. The van der Waals surface area contributed by atoms with E-state index in [0.717, 1.165) is 0 Å². The van der Waals surface area contributed by atoms with Crippen molar-refractivity contribution in [2.75, 3.05) is 0 Å². The molecule has 13 heavy (non-hydrogen) atoms. The van der Waals surface area contributed by atoms with Crippen molar-refractivity contribution in [2.45, 2.75) is 32.6 Å². The number of allylic oxidation sites excluding steroid dienone is 2. The number of aryl methyl sites for hydroxylation is 2. The minimum Gasteiger partial charge on any atom is -0.0850 e. The van der Waals surface area contributed by atoms with Gasteiger partial charge in [0, 0.05) is 0 Å². The molecule has 1 aliphatic carbocycles. The Bertz CT molecular complexity index is 297. The van der Waals surface area contributed by atoms with Crippen LogP contribution in [0, 0.1) is 6.92 Å². The van der Waals surface area contributed by atoms with Crippen LogP contribution in [0.3, 0.4) is 0 Å². The Kier molecular flexibility index (Phi) is 2.49. The van der Waals surface area contributed by atoms with E-state index in [4.69, 9.17) is 0 Å². The zero-order valence-corrected chi connectivity index (χ0v) is 8.22. The van der Waals surface area contributed by atoms with Crippen molar-refractivity contribution in [1.29, 1.82) is 0 Å². The lowest BCUT2D eigenvalue weighted by Gasteiger charge is -1.98. The Labute approximate surface area is 80.3 Å². The van der Waals surface area contributed by atoms with E-state index in [1.807, 2.05) is 0 Å². The Morgan fingerprint density at radius 2 is 1.85 bits per heavy atom. The van der Waals surface area contributed by atoms with Crippen LogP contribution in [0.1, 0.15) is 30.4 Å². The Balaban J connectivity index is 1.86. The van der Waals surface area contributed by atoms with Crippen molar-refractivity contribution in [3.05, 3.63) is 47.0 Å². The summed E-state index contributed by atoms with van der Waals surface area (Å²) in [7, 11) is 0. The summed E-state index contributed by atoms with van der Waals surface area (Å²) >= 11 is 0. The Hall–Kier alpha value is -1.04. The first-order valence-electron chi connectivity index (χ1n) is 5.08. The highest BCUT2D eigenvalue weighted by Crippen LogP contribution is 2.28. The van der Waals surface area contributed by atoms with E-state index in [9.17, 15) is 0 Å². The predicted octanol–water partition coefficient (Wildman–Crippen LogP) is 3.65. The summed E-state index contributed by atoms with van der Waals surface area (Å²) in [6.45, 7) is 2.13. The summed E-state index contributed by atoms with van der Waals surface area (Å²) < 4.78 is 0. The van der Waals surface area contributed by atoms with Gasteiger partial charge in [0.25, 0.3) is 0 Å². The summed E-state index contributed by atoms with van der Waals surface area (Å²) in [6, 6.07) is 8.86. The molecule has 0 nitrogen and oxygen atoms in total. The van der Waals surface area contributed by atoms with Gasteiger partial charge in [0.1, 0.15) is 0 Å². The molecule has 0 aromatic heterocycles. The average molecular weight is 172 g/mol. The zero-order chi connectivity index (χ0) is 9.10. The topological polar surface area (TPSA) is 0 Å². The van der Waals surface area contributed by atoms with Gasteiger partial charge in [0.15, 0.2) is 0 Å². The molecule has 1 aromatic carbocycles. The Morgan fingerprint density at radius 1 is 1.15 bits per heavy atom. The van der Waals surface area contributed by atoms with Crippen molar-refractivity contribution in [1.82, 2.24) is 0 Å².